The van der Waals surface area contributed by atoms with Crippen molar-refractivity contribution in [3.63, 3.8) is 0 Å². The molecule has 0 nitrogen and oxygen atoms in total. The van der Waals surface area contributed by atoms with Gasteiger partial charge in [-0.15, -0.1) is 47.0 Å². The lowest BCUT2D eigenvalue weighted by Gasteiger charge is -2.20. The van der Waals surface area contributed by atoms with E-state index < -0.39 is 0 Å². The van der Waals surface area contributed by atoms with E-state index in [0.717, 1.165) is 0 Å². The third kappa shape index (κ3) is 8.82. The van der Waals surface area contributed by atoms with Crippen molar-refractivity contribution in [1.29, 1.82) is 0 Å². The lowest BCUT2D eigenvalue weighted by atomic mass is 10.1. The third-order valence-corrected chi connectivity index (χ3v) is 9.86. The molecule has 0 aliphatic carbocycles. The van der Waals surface area contributed by atoms with Gasteiger partial charge >= 0.3 is 0 Å². The molecule has 0 heterocycles. The first-order valence-corrected chi connectivity index (χ1v) is 13.5. The Balaban J connectivity index is 2.88. The predicted octanol–water partition coefficient (Wildman–Crippen LogP) is 8.26. The van der Waals surface area contributed by atoms with Gasteiger partial charge in [0, 0.05) is 0 Å². The average molecular weight is 403 g/mol. The fourth-order valence-electron chi connectivity index (χ4n) is 2.23. The van der Waals surface area contributed by atoms with Gasteiger partial charge in [-0.2, -0.15) is 0 Å². The Kier molecular flexibility index (Phi) is 13.9. The molecule has 0 unspecified atom stereocenters. The molecular formula is C20H34S4. The monoisotopic (exact) mass is 402 g/mol. The Morgan fingerprint density at radius 2 is 0.958 bits per heavy atom. The van der Waals surface area contributed by atoms with Crippen LogP contribution in [0, 0.1) is 0 Å². The van der Waals surface area contributed by atoms with E-state index in [2.05, 4.69) is 99.0 Å². The van der Waals surface area contributed by atoms with Crippen molar-refractivity contribution in [2.75, 3.05) is 23.0 Å². The van der Waals surface area contributed by atoms with Gasteiger partial charge in [-0.05, 0) is 59.8 Å². The van der Waals surface area contributed by atoms with E-state index in [4.69, 9.17) is 0 Å². The quantitative estimate of drug-likeness (QED) is 0.287. The first-order valence-electron chi connectivity index (χ1n) is 9.32. The molecule has 1 aromatic rings. The number of thioether (sulfide) groups is 4. The van der Waals surface area contributed by atoms with Gasteiger partial charge in [0.25, 0.3) is 0 Å². The molecule has 0 saturated heterocycles. The maximum atomic E-state index is 2.49. The van der Waals surface area contributed by atoms with E-state index in [0.29, 0.717) is 9.16 Å². The fraction of sp³-hybridized carbons (Fsp3) is 0.700. The molecular weight excluding hydrogens is 368 g/mol. The molecule has 0 fully saturated rings. The molecule has 1 rings (SSSR count). The maximum Gasteiger partial charge on any atom is 0.0751 e. The number of rotatable bonds is 14. The Hall–Kier alpha value is 0.620. The van der Waals surface area contributed by atoms with Crippen LogP contribution >= 0.6 is 47.0 Å². The van der Waals surface area contributed by atoms with Crippen molar-refractivity contribution in [2.24, 2.45) is 0 Å². The lowest BCUT2D eigenvalue weighted by molar-refractivity contribution is 1.09. The van der Waals surface area contributed by atoms with Crippen LogP contribution in [0.4, 0.5) is 0 Å². The van der Waals surface area contributed by atoms with Crippen LogP contribution < -0.4 is 0 Å². The SMILES string of the molecule is CCCSC(SCCC)c1cccc(C(SCCC)SCCC)c1. The molecule has 0 radical (unpaired) electrons. The van der Waals surface area contributed by atoms with E-state index in [1.54, 1.807) is 0 Å². The Bertz CT molecular complexity index is 371. The van der Waals surface area contributed by atoms with Crippen LogP contribution in [0.3, 0.4) is 0 Å². The summed E-state index contributed by atoms with van der Waals surface area (Å²) in [6.45, 7) is 9.13. The number of hydrogen-bond acceptors (Lipinski definition) is 4. The second-order valence-electron chi connectivity index (χ2n) is 5.82. The van der Waals surface area contributed by atoms with Crippen LogP contribution in [0.15, 0.2) is 24.3 Å². The molecule has 1 aromatic carbocycles. The van der Waals surface area contributed by atoms with Crippen LogP contribution in [0.25, 0.3) is 0 Å². The summed E-state index contributed by atoms with van der Waals surface area (Å²) in [7, 11) is 0. The first kappa shape index (κ1) is 22.7. The zero-order chi connectivity index (χ0) is 17.6. The predicted molar refractivity (Wildman–Crippen MR) is 123 cm³/mol. The first-order chi connectivity index (χ1) is 11.8. The van der Waals surface area contributed by atoms with Gasteiger partial charge in [0.1, 0.15) is 0 Å². The zero-order valence-electron chi connectivity index (χ0n) is 15.8. The summed E-state index contributed by atoms with van der Waals surface area (Å²) in [5.41, 5.74) is 3.03. The van der Waals surface area contributed by atoms with Gasteiger partial charge < -0.3 is 0 Å². The molecule has 138 valence electrons. The summed E-state index contributed by atoms with van der Waals surface area (Å²) in [5, 5.41) is 0. The summed E-state index contributed by atoms with van der Waals surface area (Å²) in [5.74, 6) is 5.02. The minimum atomic E-state index is 0.595. The van der Waals surface area contributed by atoms with Crippen LogP contribution in [0.2, 0.25) is 0 Å². The second kappa shape index (κ2) is 14.8. The highest BCUT2D eigenvalue weighted by Gasteiger charge is 2.16. The van der Waals surface area contributed by atoms with Crippen molar-refractivity contribution in [3.8, 4) is 0 Å². The van der Waals surface area contributed by atoms with Crippen LogP contribution in [-0.2, 0) is 0 Å². The van der Waals surface area contributed by atoms with Crippen molar-refractivity contribution in [1.82, 2.24) is 0 Å². The van der Waals surface area contributed by atoms with Crippen LogP contribution in [0.5, 0.6) is 0 Å². The molecule has 0 atom stereocenters. The van der Waals surface area contributed by atoms with Crippen LogP contribution in [0.1, 0.15) is 73.7 Å². The minimum Gasteiger partial charge on any atom is -0.143 e. The normalized spacial score (nSPS) is 11.6. The van der Waals surface area contributed by atoms with Crippen molar-refractivity contribution in [3.05, 3.63) is 35.4 Å². The molecule has 0 N–H and O–H groups in total. The van der Waals surface area contributed by atoms with Gasteiger partial charge in [0.2, 0.25) is 0 Å². The van der Waals surface area contributed by atoms with E-state index in [-0.39, 0.29) is 0 Å². The Morgan fingerprint density at radius 1 is 0.625 bits per heavy atom. The molecule has 0 saturated carbocycles. The Labute approximate surface area is 167 Å². The summed E-state index contributed by atoms with van der Waals surface area (Å²) in [6.07, 6.45) is 5.04. The standard InChI is InChI=1S/C20H34S4/c1-5-12-21-19(22-13-6-2)17-10-9-11-18(16-17)20(23-14-7-3)24-15-8-4/h9-11,16,19-20H,5-8,12-15H2,1-4H3. The Morgan fingerprint density at radius 3 is 1.25 bits per heavy atom. The molecule has 0 amide bonds. The third-order valence-electron chi connectivity index (χ3n) is 3.35. The van der Waals surface area contributed by atoms with Gasteiger partial charge in [-0.3, -0.25) is 0 Å². The summed E-state index contributed by atoms with van der Waals surface area (Å²) < 4.78 is 1.19. The summed E-state index contributed by atoms with van der Waals surface area (Å²) in [4.78, 5) is 0. The molecule has 0 spiro atoms. The van der Waals surface area contributed by atoms with Gasteiger partial charge in [0.15, 0.2) is 0 Å². The second-order valence-corrected chi connectivity index (χ2v) is 11.3. The minimum absolute atomic E-state index is 0.595. The van der Waals surface area contributed by atoms with Crippen LogP contribution in [-0.4, -0.2) is 23.0 Å². The number of hydrogen-bond donors (Lipinski definition) is 0. The van der Waals surface area contributed by atoms with E-state index in [9.17, 15) is 0 Å². The molecule has 0 aliphatic heterocycles. The van der Waals surface area contributed by atoms with Crippen molar-refractivity contribution in [2.45, 2.75) is 62.5 Å². The maximum absolute atomic E-state index is 2.49. The van der Waals surface area contributed by atoms with Gasteiger partial charge in [0.05, 0.1) is 9.16 Å². The van der Waals surface area contributed by atoms with Crippen molar-refractivity contribution >= 4 is 47.0 Å². The molecule has 0 aromatic heterocycles. The summed E-state index contributed by atoms with van der Waals surface area (Å²) in [6, 6.07) is 9.45. The highest BCUT2D eigenvalue weighted by molar-refractivity contribution is 8.16. The number of benzene rings is 1. The van der Waals surface area contributed by atoms with E-state index in [1.807, 2.05) is 0 Å². The van der Waals surface area contributed by atoms with Gasteiger partial charge in [-0.1, -0.05) is 52.0 Å². The zero-order valence-corrected chi connectivity index (χ0v) is 19.0. The summed E-state index contributed by atoms with van der Waals surface area (Å²) >= 11 is 8.48. The van der Waals surface area contributed by atoms with E-state index in [1.165, 1.54) is 59.8 Å². The van der Waals surface area contributed by atoms with Crippen molar-refractivity contribution < 1.29 is 0 Å². The van der Waals surface area contributed by atoms with E-state index >= 15 is 0 Å². The average Bonchev–Trinajstić information content (AvgIpc) is 2.62. The smallest absolute Gasteiger partial charge is 0.0751 e. The molecule has 0 aliphatic rings. The fourth-order valence-corrected chi connectivity index (χ4v) is 7.31. The lowest BCUT2D eigenvalue weighted by Crippen LogP contribution is -1.97. The molecule has 24 heavy (non-hydrogen) atoms. The largest absolute Gasteiger partial charge is 0.143 e. The highest BCUT2D eigenvalue weighted by Crippen LogP contribution is 2.44. The van der Waals surface area contributed by atoms with Gasteiger partial charge in [-0.25, -0.2) is 0 Å². The topological polar surface area (TPSA) is 0 Å². The molecule has 4 heteroatoms. The highest BCUT2D eigenvalue weighted by atomic mass is 32.2. The molecule has 0 bridgehead atoms.